The van der Waals surface area contributed by atoms with Crippen LogP contribution in [0, 0.1) is 5.41 Å². The summed E-state index contributed by atoms with van der Waals surface area (Å²) in [6, 6.07) is -0.431. The standard InChI is InChI=1S/C13H25N3O4/c1-5-13(4,11(18)19)9-15-12(20)16(7-3)8-10(17)14-6-2/h5-9H2,1-4H3,(H,14,17)(H,15,20)(H,18,19). The van der Waals surface area contributed by atoms with Gasteiger partial charge in [-0.1, -0.05) is 6.92 Å². The van der Waals surface area contributed by atoms with Crippen molar-refractivity contribution in [3.05, 3.63) is 0 Å². The third-order valence-electron chi connectivity index (χ3n) is 3.30. The fourth-order valence-corrected chi connectivity index (χ4v) is 1.49. The van der Waals surface area contributed by atoms with Crippen LogP contribution in [0.3, 0.4) is 0 Å². The Bertz CT molecular complexity index is 360. The van der Waals surface area contributed by atoms with Crippen LogP contribution in [0.5, 0.6) is 0 Å². The van der Waals surface area contributed by atoms with Crippen LogP contribution in [-0.4, -0.2) is 54.1 Å². The Morgan fingerprint density at radius 1 is 1.15 bits per heavy atom. The Hall–Kier alpha value is -1.79. The molecule has 20 heavy (non-hydrogen) atoms. The van der Waals surface area contributed by atoms with Crippen LogP contribution in [-0.2, 0) is 9.59 Å². The van der Waals surface area contributed by atoms with Gasteiger partial charge in [0.15, 0.2) is 0 Å². The van der Waals surface area contributed by atoms with Crippen LogP contribution in [0.1, 0.15) is 34.1 Å². The second-order valence-electron chi connectivity index (χ2n) is 4.85. The highest BCUT2D eigenvalue weighted by Gasteiger charge is 2.32. The van der Waals surface area contributed by atoms with Crippen molar-refractivity contribution in [3.8, 4) is 0 Å². The molecule has 116 valence electrons. The highest BCUT2D eigenvalue weighted by atomic mass is 16.4. The number of urea groups is 1. The summed E-state index contributed by atoms with van der Waals surface area (Å²) in [5.74, 6) is -1.19. The number of hydrogen-bond acceptors (Lipinski definition) is 3. The lowest BCUT2D eigenvalue weighted by Crippen LogP contribution is -2.49. The smallest absolute Gasteiger partial charge is 0.317 e. The van der Waals surface area contributed by atoms with Crippen LogP contribution in [0.15, 0.2) is 0 Å². The minimum atomic E-state index is -0.999. The molecule has 1 atom stereocenters. The number of carboxylic acid groups (broad SMARTS) is 1. The van der Waals surface area contributed by atoms with Crippen LogP contribution >= 0.6 is 0 Å². The lowest BCUT2D eigenvalue weighted by atomic mass is 9.88. The van der Waals surface area contributed by atoms with E-state index in [0.717, 1.165) is 0 Å². The molecule has 0 spiro atoms. The van der Waals surface area contributed by atoms with Crippen molar-refractivity contribution in [3.63, 3.8) is 0 Å². The van der Waals surface area contributed by atoms with Gasteiger partial charge in [0.2, 0.25) is 5.91 Å². The molecule has 0 radical (unpaired) electrons. The summed E-state index contributed by atoms with van der Waals surface area (Å²) in [4.78, 5) is 35.9. The first kappa shape index (κ1) is 18.2. The van der Waals surface area contributed by atoms with Gasteiger partial charge in [-0.3, -0.25) is 9.59 Å². The van der Waals surface area contributed by atoms with Gasteiger partial charge < -0.3 is 20.6 Å². The Morgan fingerprint density at radius 3 is 2.15 bits per heavy atom. The number of nitrogens with one attached hydrogen (secondary N) is 2. The second-order valence-corrected chi connectivity index (χ2v) is 4.85. The minimum Gasteiger partial charge on any atom is -0.481 e. The summed E-state index contributed by atoms with van der Waals surface area (Å²) >= 11 is 0. The summed E-state index contributed by atoms with van der Waals surface area (Å²) in [5.41, 5.74) is -0.999. The molecule has 0 heterocycles. The van der Waals surface area contributed by atoms with Crippen molar-refractivity contribution in [1.82, 2.24) is 15.5 Å². The Balaban J connectivity index is 4.49. The molecule has 0 bridgehead atoms. The molecule has 0 aliphatic carbocycles. The van der Waals surface area contributed by atoms with E-state index in [1.807, 2.05) is 0 Å². The third-order valence-corrected chi connectivity index (χ3v) is 3.30. The number of amides is 3. The first-order chi connectivity index (χ1) is 9.30. The predicted octanol–water partition coefficient (Wildman–Crippen LogP) is 0.655. The molecule has 0 aromatic rings. The maximum atomic E-state index is 11.9. The fraction of sp³-hybridized carbons (Fsp3) is 0.769. The van der Waals surface area contributed by atoms with Crippen LogP contribution < -0.4 is 10.6 Å². The number of hydrogen-bond donors (Lipinski definition) is 3. The molecule has 0 fully saturated rings. The minimum absolute atomic E-state index is 0.0313. The van der Waals surface area contributed by atoms with Gasteiger partial charge in [-0.25, -0.2) is 4.79 Å². The number of nitrogens with zero attached hydrogens (tertiary/aromatic N) is 1. The summed E-state index contributed by atoms with van der Waals surface area (Å²) in [5, 5.41) is 14.3. The molecule has 1 unspecified atom stereocenters. The molecule has 7 heteroatoms. The zero-order chi connectivity index (χ0) is 15.8. The van der Waals surface area contributed by atoms with Gasteiger partial charge >= 0.3 is 12.0 Å². The van der Waals surface area contributed by atoms with Crippen LogP contribution in [0.25, 0.3) is 0 Å². The van der Waals surface area contributed by atoms with Gasteiger partial charge in [0.25, 0.3) is 0 Å². The molecule has 0 aliphatic rings. The van der Waals surface area contributed by atoms with Crippen molar-refractivity contribution >= 4 is 17.9 Å². The van der Waals surface area contributed by atoms with Crippen LogP contribution in [0.2, 0.25) is 0 Å². The predicted molar refractivity (Wildman–Crippen MR) is 75.4 cm³/mol. The van der Waals surface area contributed by atoms with Crippen molar-refractivity contribution in [2.24, 2.45) is 5.41 Å². The zero-order valence-electron chi connectivity index (χ0n) is 12.7. The van der Waals surface area contributed by atoms with Crippen molar-refractivity contribution in [1.29, 1.82) is 0 Å². The lowest BCUT2D eigenvalue weighted by Gasteiger charge is -2.26. The van der Waals surface area contributed by atoms with E-state index in [1.54, 1.807) is 27.7 Å². The van der Waals surface area contributed by atoms with Gasteiger partial charge in [-0.2, -0.15) is 0 Å². The first-order valence-electron chi connectivity index (χ1n) is 6.83. The average molecular weight is 287 g/mol. The van der Waals surface area contributed by atoms with E-state index in [4.69, 9.17) is 5.11 Å². The van der Waals surface area contributed by atoms with Crippen molar-refractivity contribution in [2.45, 2.75) is 34.1 Å². The molecule has 0 rings (SSSR count). The normalized spacial score (nSPS) is 13.2. The van der Waals surface area contributed by atoms with E-state index in [9.17, 15) is 14.4 Å². The van der Waals surface area contributed by atoms with Gasteiger partial charge in [0.1, 0.15) is 6.54 Å². The number of rotatable bonds is 8. The SMILES string of the molecule is CCNC(=O)CN(CC)C(=O)NCC(C)(CC)C(=O)O. The highest BCUT2D eigenvalue weighted by Crippen LogP contribution is 2.19. The number of carboxylic acids is 1. The van der Waals surface area contributed by atoms with Gasteiger partial charge in [-0.15, -0.1) is 0 Å². The van der Waals surface area contributed by atoms with E-state index >= 15 is 0 Å². The highest BCUT2D eigenvalue weighted by molar-refractivity contribution is 5.84. The Kier molecular flexibility index (Phi) is 7.64. The summed E-state index contributed by atoms with van der Waals surface area (Å²) < 4.78 is 0. The van der Waals surface area contributed by atoms with Gasteiger partial charge in [0, 0.05) is 19.6 Å². The van der Waals surface area contributed by atoms with E-state index in [0.29, 0.717) is 19.5 Å². The molecular formula is C13H25N3O4. The Morgan fingerprint density at radius 2 is 1.75 bits per heavy atom. The summed E-state index contributed by atoms with van der Waals surface area (Å²) in [6.07, 6.45) is 0.408. The van der Waals surface area contributed by atoms with E-state index in [1.165, 1.54) is 4.90 Å². The Labute approximate surface area is 119 Å². The van der Waals surface area contributed by atoms with E-state index in [-0.39, 0.29) is 19.0 Å². The summed E-state index contributed by atoms with van der Waals surface area (Å²) in [6.45, 7) is 7.77. The number of aliphatic carboxylic acids is 1. The molecule has 7 nitrogen and oxygen atoms in total. The van der Waals surface area contributed by atoms with Crippen molar-refractivity contribution < 1.29 is 19.5 Å². The molecule has 0 aliphatic heterocycles. The maximum Gasteiger partial charge on any atom is 0.317 e. The molecule has 3 N–H and O–H groups in total. The van der Waals surface area contributed by atoms with Gasteiger partial charge in [0.05, 0.1) is 5.41 Å². The number of carbonyl (C=O) groups excluding carboxylic acids is 2. The quantitative estimate of drug-likeness (QED) is 0.610. The molecule has 0 aromatic heterocycles. The van der Waals surface area contributed by atoms with E-state index in [2.05, 4.69) is 10.6 Å². The van der Waals surface area contributed by atoms with Crippen LogP contribution in [0.4, 0.5) is 4.79 Å². The molecule has 0 saturated heterocycles. The third kappa shape index (κ3) is 5.46. The summed E-state index contributed by atoms with van der Waals surface area (Å²) in [7, 11) is 0. The average Bonchev–Trinajstić information content (AvgIpc) is 2.41. The molecule has 0 aromatic carbocycles. The zero-order valence-corrected chi connectivity index (χ0v) is 12.7. The molecular weight excluding hydrogens is 262 g/mol. The maximum absolute atomic E-state index is 11.9. The van der Waals surface area contributed by atoms with Crippen molar-refractivity contribution in [2.75, 3.05) is 26.2 Å². The number of carbonyl (C=O) groups is 3. The topological polar surface area (TPSA) is 98.7 Å². The molecule has 3 amide bonds. The molecule has 0 saturated carbocycles. The first-order valence-corrected chi connectivity index (χ1v) is 6.83. The second kappa shape index (κ2) is 8.39. The number of likely N-dealkylation sites (N-methyl/N-ethyl adjacent to an activating group) is 2. The monoisotopic (exact) mass is 287 g/mol. The lowest BCUT2D eigenvalue weighted by molar-refractivity contribution is -0.147. The van der Waals surface area contributed by atoms with Gasteiger partial charge in [-0.05, 0) is 27.2 Å². The largest absolute Gasteiger partial charge is 0.481 e. The van der Waals surface area contributed by atoms with E-state index < -0.39 is 17.4 Å². The fourth-order valence-electron chi connectivity index (χ4n) is 1.49.